The van der Waals surface area contributed by atoms with Crippen molar-refractivity contribution in [2.24, 2.45) is 0 Å². The largest absolute Gasteiger partial charge is 0.455 e. The Labute approximate surface area is 401 Å². The van der Waals surface area contributed by atoms with Gasteiger partial charge in [0, 0.05) is 49.6 Å². The Kier molecular flexibility index (Phi) is 9.84. The van der Waals surface area contributed by atoms with Gasteiger partial charge in [0.25, 0.3) is 0 Å². The molecule has 2 heterocycles. The van der Waals surface area contributed by atoms with Gasteiger partial charge in [-0.25, -0.2) is 0 Å². The third-order valence-electron chi connectivity index (χ3n) is 13.6. The number of furan rings is 1. The molecule has 3 heteroatoms. The van der Waals surface area contributed by atoms with Crippen LogP contribution in [0.3, 0.4) is 0 Å². The van der Waals surface area contributed by atoms with Gasteiger partial charge in [0.1, 0.15) is 11.2 Å². The summed E-state index contributed by atoms with van der Waals surface area (Å²) in [5.74, 6) is 0. The summed E-state index contributed by atoms with van der Waals surface area (Å²) in [5, 5.41) is 4.70. The number of rotatable bonds is 9. The summed E-state index contributed by atoms with van der Waals surface area (Å²) in [4.78, 5) is 2.39. The molecular formula is C66H44N2O. The van der Waals surface area contributed by atoms with Gasteiger partial charge < -0.3 is 13.9 Å². The van der Waals surface area contributed by atoms with Crippen molar-refractivity contribution in [3.05, 3.63) is 267 Å². The average Bonchev–Trinajstić information content (AvgIpc) is 3.97. The maximum atomic E-state index is 6.81. The standard InChI is InChI=1S/C66H44N2O/c1-4-18-45(19-5-1)50-36-41-65-59(42-50)60-44-51(46-20-6-2-7-21-46)43-58(66(60)69-65)49-34-39-53(40-35-49)67(61-28-14-10-24-54(61)47-22-8-3-9-23-47)52-37-32-48(33-38-52)55-25-11-15-29-62(55)68-63-30-16-12-26-56(63)57-27-13-17-31-64(57)68/h1-44H. The van der Waals surface area contributed by atoms with Crippen LogP contribution in [0.15, 0.2) is 271 Å². The molecule has 0 atom stereocenters. The fourth-order valence-corrected chi connectivity index (χ4v) is 10.3. The second kappa shape index (κ2) is 16.9. The minimum Gasteiger partial charge on any atom is -0.455 e. The number of aromatic nitrogens is 1. The number of nitrogens with zero attached hydrogens (tertiary/aromatic N) is 2. The quantitative estimate of drug-likeness (QED) is 0.144. The Bertz CT molecular complexity index is 3930. The number of fused-ring (bicyclic) bond motifs is 6. The van der Waals surface area contributed by atoms with Crippen LogP contribution < -0.4 is 4.90 Å². The van der Waals surface area contributed by atoms with Crippen LogP contribution in [0.5, 0.6) is 0 Å². The fraction of sp³-hybridized carbons (Fsp3) is 0. The highest BCUT2D eigenvalue weighted by Crippen LogP contribution is 2.45. The van der Waals surface area contributed by atoms with Gasteiger partial charge in [-0.15, -0.1) is 0 Å². The third kappa shape index (κ3) is 7.08. The van der Waals surface area contributed by atoms with E-state index in [1.165, 1.54) is 32.9 Å². The molecule has 0 bridgehead atoms. The van der Waals surface area contributed by atoms with Gasteiger partial charge in [-0.3, -0.25) is 0 Å². The van der Waals surface area contributed by atoms with Crippen LogP contribution in [0.2, 0.25) is 0 Å². The average molecular weight is 881 g/mol. The first-order valence-corrected chi connectivity index (χ1v) is 23.6. The third-order valence-corrected chi connectivity index (χ3v) is 13.6. The van der Waals surface area contributed by atoms with Gasteiger partial charge in [-0.05, 0) is 112 Å². The smallest absolute Gasteiger partial charge is 0.143 e. The second-order valence-corrected chi connectivity index (χ2v) is 17.6. The molecule has 3 nitrogen and oxygen atoms in total. The summed E-state index contributed by atoms with van der Waals surface area (Å²) in [6, 6.07) is 96.0. The maximum Gasteiger partial charge on any atom is 0.143 e. The van der Waals surface area contributed by atoms with Crippen LogP contribution in [0.1, 0.15) is 0 Å². The van der Waals surface area contributed by atoms with Gasteiger partial charge in [0.15, 0.2) is 0 Å². The Hall–Kier alpha value is -9.18. The van der Waals surface area contributed by atoms with Crippen LogP contribution in [0.25, 0.3) is 105 Å². The lowest BCUT2D eigenvalue weighted by molar-refractivity contribution is 0.670. The van der Waals surface area contributed by atoms with Gasteiger partial charge >= 0.3 is 0 Å². The van der Waals surface area contributed by atoms with E-state index in [4.69, 9.17) is 4.42 Å². The molecule has 0 unspecified atom stereocenters. The lowest BCUT2D eigenvalue weighted by Gasteiger charge is -2.28. The van der Waals surface area contributed by atoms with Gasteiger partial charge in [-0.2, -0.15) is 0 Å². The van der Waals surface area contributed by atoms with Crippen molar-refractivity contribution < 1.29 is 4.42 Å². The van der Waals surface area contributed by atoms with Crippen molar-refractivity contribution >= 4 is 60.8 Å². The highest BCUT2D eigenvalue weighted by atomic mass is 16.3. The number of hydrogen-bond donors (Lipinski definition) is 0. The summed E-state index contributed by atoms with van der Waals surface area (Å²) in [5.41, 5.74) is 19.9. The first kappa shape index (κ1) is 40.1. The molecule has 0 N–H and O–H groups in total. The maximum absolute atomic E-state index is 6.81. The lowest BCUT2D eigenvalue weighted by atomic mass is 9.95. The SMILES string of the molecule is c1ccc(-c2ccc3oc4c(-c5ccc(N(c6ccc(-c7ccccc7-n7c8ccccc8c8ccccc87)cc6)c6ccccc6-c6ccccc6)cc5)cc(-c5ccccc5)cc4c3c2)cc1. The Balaban J connectivity index is 0.943. The van der Waals surface area contributed by atoms with Crippen LogP contribution in [0.4, 0.5) is 17.1 Å². The molecule has 13 rings (SSSR count). The summed E-state index contributed by atoms with van der Waals surface area (Å²) in [7, 11) is 0. The molecule has 11 aromatic carbocycles. The van der Waals surface area contributed by atoms with E-state index >= 15 is 0 Å². The topological polar surface area (TPSA) is 21.3 Å². The van der Waals surface area contributed by atoms with E-state index in [0.29, 0.717) is 0 Å². The van der Waals surface area contributed by atoms with E-state index < -0.39 is 0 Å². The van der Waals surface area contributed by atoms with Crippen LogP contribution in [0, 0.1) is 0 Å². The number of hydrogen-bond acceptors (Lipinski definition) is 2. The molecule has 0 saturated carbocycles. The van der Waals surface area contributed by atoms with E-state index in [1.807, 2.05) is 0 Å². The lowest BCUT2D eigenvalue weighted by Crippen LogP contribution is -2.11. The Morgan fingerprint density at radius 1 is 0.290 bits per heavy atom. The summed E-state index contributed by atoms with van der Waals surface area (Å²) >= 11 is 0. The first-order valence-electron chi connectivity index (χ1n) is 23.6. The molecule has 0 aliphatic heterocycles. The molecule has 0 amide bonds. The minimum atomic E-state index is 0.873. The fourth-order valence-electron chi connectivity index (χ4n) is 10.3. The molecule has 324 valence electrons. The highest BCUT2D eigenvalue weighted by molar-refractivity contribution is 6.13. The van der Waals surface area contributed by atoms with Crippen molar-refractivity contribution in [3.8, 4) is 61.3 Å². The van der Waals surface area contributed by atoms with Crippen LogP contribution >= 0.6 is 0 Å². The van der Waals surface area contributed by atoms with Gasteiger partial charge in [0.05, 0.1) is 22.4 Å². The van der Waals surface area contributed by atoms with E-state index in [2.05, 4.69) is 276 Å². The molecule has 0 fully saturated rings. The zero-order chi connectivity index (χ0) is 45.7. The minimum absolute atomic E-state index is 0.873. The highest BCUT2D eigenvalue weighted by Gasteiger charge is 2.21. The molecule has 0 saturated heterocycles. The van der Waals surface area contributed by atoms with E-state index in [0.717, 1.165) is 89.2 Å². The molecular weight excluding hydrogens is 837 g/mol. The molecule has 69 heavy (non-hydrogen) atoms. The van der Waals surface area contributed by atoms with Crippen LogP contribution in [-0.2, 0) is 0 Å². The second-order valence-electron chi connectivity index (χ2n) is 17.6. The Morgan fingerprint density at radius 3 is 1.39 bits per heavy atom. The van der Waals surface area contributed by atoms with Gasteiger partial charge in [-0.1, -0.05) is 194 Å². The first-order chi connectivity index (χ1) is 34.2. The van der Waals surface area contributed by atoms with E-state index in [9.17, 15) is 0 Å². The van der Waals surface area contributed by atoms with Gasteiger partial charge in [0.2, 0.25) is 0 Å². The molecule has 2 aromatic heterocycles. The van der Waals surface area contributed by atoms with E-state index in [-0.39, 0.29) is 0 Å². The van der Waals surface area contributed by atoms with Crippen molar-refractivity contribution in [2.45, 2.75) is 0 Å². The monoisotopic (exact) mass is 880 g/mol. The molecule has 0 aliphatic carbocycles. The van der Waals surface area contributed by atoms with Crippen LogP contribution in [-0.4, -0.2) is 4.57 Å². The number of anilines is 3. The normalized spacial score (nSPS) is 11.5. The summed E-state index contributed by atoms with van der Waals surface area (Å²) < 4.78 is 9.22. The number of benzene rings is 11. The Morgan fingerprint density at radius 2 is 0.754 bits per heavy atom. The zero-order valence-electron chi connectivity index (χ0n) is 37.7. The predicted octanol–water partition coefficient (Wildman–Crippen LogP) is 18.5. The molecule has 0 aliphatic rings. The summed E-state index contributed by atoms with van der Waals surface area (Å²) in [6.45, 7) is 0. The van der Waals surface area contributed by atoms with E-state index in [1.54, 1.807) is 0 Å². The van der Waals surface area contributed by atoms with Crippen molar-refractivity contribution in [1.29, 1.82) is 0 Å². The molecule has 13 aromatic rings. The summed E-state index contributed by atoms with van der Waals surface area (Å²) in [6.07, 6.45) is 0. The van der Waals surface area contributed by atoms with Crippen molar-refractivity contribution in [3.63, 3.8) is 0 Å². The number of para-hydroxylation sites is 4. The molecule has 0 spiro atoms. The molecule has 0 radical (unpaired) electrons. The van der Waals surface area contributed by atoms with Crippen molar-refractivity contribution in [2.75, 3.05) is 4.90 Å². The predicted molar refractivity (Wildman–Crippen MR) is 290 cm³/mol. The zero-order valence-corrected chi connectivity index (χ0v) is 37.7. The van der Waals surface area contributed by atoms with Crippen molar-refractivity contribution in [1.82, 2.24) is 4.57 Å².